The third kappa shape index (κ3) is 4.21. The van der Waals surface area contributed by atoms with Crippen molar-refractivity contribution in [3.63, 3.8) is 0 Å². The number of hydrogen-bond donors (Lipinski definition) is 1. The summed E-state index contributed by atoms with van der Waals surface area (Å²) in [5, 5.41) is 2.18. The van der Waals surface area contributed by atoms with Crippen LogP contribution in [-0.4, -0.2) is 36.6 Å². The number of esters is 1. The average molecular weight is 393 g/mol. The van der Waals surface area contributed by atoms with E-state index in [1.165, 1.54) is 12.3 Å². The molecule has 1 aliphatic rings. The molecule has 1 atom stereocenters. The van der Waals surface area contributed by atoms with Gasteiger partial charge in [-0.15, -0.1) is 0 Å². The number of carbonyl (C=O) groups excluding carboxylic acids is 4. The molecule has 0 saturated carbocycles. The van der Waals surface area contributed by atoms with E-state index in [-0.39, 0.29) is 6.61 Å². The van der Waals surface area contributed by atoms with E-state index in [9.17, 15) is 19.2 Å². The van der Waals surface area contributed by atoms with Crippen LogP contribution in [0.4, 0.5) is 16.2 Å². The summed E-state index contributed by atoms with van der Waals surface area (Å²) in [6.45, 7) is 3.71. The molecule has 1 fully saturated rings. The Balaban J connectivity index is 1.86. The molecule has 8 nitrogen and oxygen atoms in total. The topological polar surface area (TPSA) is 105 Å². The van der Waals surface area contributed by atoms with E-state index in [1.54, 1.807) is 56.3 Å². The van der Waals surface area contributed by atoms with Gasteiger partial charge in [0.2, 0.25) is 5.91 Å². The van der Waals surface area contributed by atoms with Crippen molar-refractivity contribution >= 4 is 41.4 Å². The number of imide groups is 2. The second-order valence-corrected chi connectivity index (χ2v) is 6.28. The van der Waals surface area contributed by atoms with Gasteiger partial charge in [0.05, 0.1) is 23.5 Å². The molecule has 1 aliphatic heterocycles. The Kier molecular flexibility index (Phi) is 5.82. The first-order valence-electron chi connectivity index (χ1n) is 8.98. The second kappa shape index (κ2) is 8.47. The van der Waals surface area contributed by atoms with Gasteiger partial charge in [-0.1, -0.05) is 24.3 Å². The van der Waals surface area contributed by atoms with Gasteiger partial charge < -0.3 is 4.74 Å². The summed E-state index contributed by atoms with van der Waals surface area (Å²) in [5.41, 5.74) is 1.78. The number of anilines is 1. The van der Waals surface area contributed by atoms with Crippen molar-refractivity contribution in [3.8, 4) is 0 Å². The first-order chi connectivity index (χ1) is 13.9. The van der Waals surface area contributed by atoms with Crippen LogP contribution in [0.5, 0.6) is 0 Å². The average Bonchev–Trinajstić information content (AvgIpc) is 2.69. The van der Waals surface area contributed by atoms with Crippen LogP contribution in [0.1, 0.15) is 22.8 Å². The van der Waals surface area contributed by atoms with Crippen molar-refractivity contribution in [1.29, 1.82) is 0 Å². The Labute approximate surface area is 167 Å². The zero-order chi connectivity index (χ0) is 21.0. The maximum atomic E-state index is 12.9. The third-order valence-electron chi connectivity index (χ3n) is 4.29. The van der Waals surface area contributed by atoms with Crippen molar-refractivity contribution in [2.24, 2.45) is 10.9 Å². The molecule has 0 aromatic heterocycles. The van der Waals surface area contributed by atoms with Gasteiger partial charge in [0.15, 0.2) is 5.92 Å². The largest absolute Gasteiger partial charge is 0.462 e. The number of hydrogen-bond acceptors (Lipinski definition) is 6. The van der Waals surface area contributed by atoms with Crippen molar-refractivity contribution in [2.75, 3.05) is 11.5 Å². The fraction of sp³-hybridized carbons (Fsp3) is 0.190. The summed E-state index contributed by atoms with van der Waals surface area (Å²) in [6.07, 6.45) is 1.17. The lowest BCUT2D eigenvalue weighted by Crippen LogP contribution is -2.58. The second-order valence-electron chi connectivity index (χ2n) is 6.28. The smallest absolute Gasteiger partial charge is 0.338 e. The van der Waals surface area contributed by atoms with Crippen LogP contribution in [0.3, 0.4) is 0 Å². The minimum absolute atomic E-state index is 0.242. The van der Waals surface area contributed by atoms with Crippen LogP contribution in [0.15, 0.2) is 53.5 Å². The van der Waals surface area contributed by atoms with E-state index in [1.807, 2.05) is 0 Å². The Morgan fingerprint density at radius 2 is 1.93 bits per heavy atom. The molecule has 0 radical (unpaired) electrons. The lowest BCUT2D eigenvalue weighted by Gasteiger charge is -2.29. The molecule has 1 N–H and O–H groups in total. The number of nitrogens with zero attached hydrogens (tertiary/aromatic N) is 2. The quantitative estimate of drug-likeness (QED) is 0.478. The number of nitrogens with one attached hydrogen (secondary N) is 1. The van der Waals surface area contributed by atoms with E-state index in [4.69, 9.17) is 4.74 Å². The van der Waals surface area contributed by atoms with Crippen LogP contribution >= 0.6 is 0 Å². The Hall–Kier alpha value is -3.81. The van der Waals surface area contributed by atoms with Gasteiger partial charge in [0.1, 0.15) is 0 Å². The number of benzene rings is 2. The minimum Gasteiger partial charge on any atom is -0.462 e. The number of aryl methyl sites for hydroxylation is 1. The van der Waals surface area contributed by atoms with Crippen LogP contribution in [0.2, 0.25) is 0 Å². The summed E-state index contributed by atoms with van der Waals surface area (Å²) >= 11 is 0. The lowest BCUT2D eigenvalue weighted by atomic mass is 10.0. The monoisotopic (exact) mass is 393 g/mol. The maximum absolute atomic E-state index is 12.9. The molecule has 0 spiro atoms. The van der Waals surface area contributed by atoms with Crippen LogP contribution < -0.4 is 10.2 Å². The van der Waals surface area contributed by atoms with Crippen molar-refractivity contribution in [3.05, 3.63) is 59.7 Å². The standard InChI is InChI=1S/C21H19N3O5/c1-3-29-20(27)14-8-6-9-15(11-14)22-12-16-18(25)23-21(28)24(19(16)26)17-10-5-4-7-13(17)2/h4-12,16H,3H2,1-2H3,(H,23,25,28)/t16-/m0/s1. The Morgan fingerprint density at radius 1 is 1.17 bits per heavy atom. The molecule has 29 heavy (non-hydrogen) atoms. The zero-order valence-corrected chi connectivity index (χ0v) is 15.9. The highest BCUT2D eigenvalue weighted by molar-refractivity contribution is 6.32. The van der Waals surface area contributed by atoms with Gasteiger partial charge in [0.25, 0.3) is 5.91 Å². The number of para-hydroxylation sites is 1. The Bertz CT molecular complexity index is 1010. The van der Waals surface area contributed by atoms with Crippen molar-refractivity contribution in [1.82, 2.24) is 5.32 Å². The number of aliphatic imine (C=N–C) groups is 1. The highest BCUT2D eigenvalue weighted by Crippen LogP contribution is 2.24. The number of rotatable bonds is 5. The molecular formula is C21H19N3O5. The summed E-state index contributed by atoms with van der Waals surface area (Å²) in [4.78, 5) is 54.2. The van der Waals surface area contributed by atoms with E-state index in [0.29, 0.717) is 22.5 Å². The molecule has 0 aliphatic carbocycles. The van der Waals surface area contributed by atoms with E-state index >= 15 is 0 Å². The molecule has 4 amide bonds. The third-order valence-corrected chi connectivity index (χ3v) is 4.29. The molecular weight excluding hydrogens is 374 g/mol. The number of ether oxygens (including phenoxy) is 1. The van der Waals surface area contributed by atoms with Gasteiger partial charge in [-0.05, 0) is 43.7 Å². The highest BCUT2D eigenvalue weighted by atomic mass is 16.5. The minimum atomic E-state index is -1.28. The SMILES string of the molecule is CCOC(=O)c1cccc(N=C[C@H]2C(=O)NC(=O)N(c3ccccc3C)C2=O)c1. The molecule has 0 bridgehead atoms. The maximum Gasteiger partial charge on any atom is 0.338 e. The van der Waals surface area contributed by atoms with Crippen molar-refractivity contribution < 1.29 is 23.9 Å². The first kappa shape index (κ1) is 19.9. The van der Waals surface area contributed by atoms with Crippen LogP contribution in [0, 0.1) is 12.8 Å². The van der Waals surface area contributed by atoms with Gasteiger partial charge in [0, 0.05) is 6.21 Å². The Morgan fingerprint density at radius 3 is 2.66 bits per heavy atom. The number of urea groups is 1. The summed E-state index contributed by atoms with van der Waals surface area (Å²) < 4.78 is 4.94. The zero-order valence-electron chi connectivity index (χ0n) is 15.9. The number of barbiturate groups is 1. The van der Waals surface area contributed by atoms with Crippen molar-refractivity contribution in [2.45, 2.75) is 13.8 Å². The molecule has 2 aromatic rings. The number of carbonyl (C=O) groups is 4. The molecule has 1 saturated heterocycles. The number of amides is 4. The van der Waals surface area contributed by atoms with Crippen LogP contribution in [0.25, 0.3) is 0 Å². The van der Waals surface area contributed by atoms with Gasteiger partial charge >= 0.3 is 12.0 Å². The molecule has 3 rings (SSSR count). The molecule has 148 valence electrons. The molecule has 1 heterocycles. The van der Waals surface area contributed by atoms with Crippen LogP contribution in [-0.2, 0) is 14.3 Å². The van der Waals surface area contributed by atoms with Gasteiger partial charge in [-0.25, -0.2) is 14.5 Å². The summed E-state index contributed by atoms with van der Waals surface area (Å²) in [7, 11) is 0. The first-order valence-corrected chi connectivity index (χ1v) is 8.98. The summed E-state index contributed by atoms with van der Waals surface area (Å²) in [6, 6.07) is 12.4. The normalized spacial score (nSPS) is 16.8. The molecule has 0 unspecified atom stereocenters. The van der Waals surface area contributed by atoms with E-state index < -0.39 is 29.7 Å². The van der Waals surface area contributed by atoms with Gasteiger partial charge in [-0.2, -0.15) is 0 Å². The fourth-order valence-corrected chi connectivity index (χ4v) is 2.85. The predicted molar refractivity (Wildman–Crippen MR) is 106 cm³/mol. The van der Waals surface area contributed by atoms with Gasteiger partial charge in [-0.3, -0.25) is 19.9 Å². The van der Waals surface area contributed by atoms with E-state index in [2.05, 4.69) is 10.3 Å². The molecule has 8 heteroatoms. The lowest BCUT2D eigenvalue weighted by molar-refractivity contribution is -0.131. The highest BCUT2D eigenvalue weighted by Gasteiger charge is 2.40. The van der Waals surface area contributed by atoms with E-state index in [0.717, 1.165) is 4.90 Å². The predicted octanol–water partition coefficient (Wildman–Crippen LogP) is 2.77. The fourth-order valence-electron chi connectivity index (χ4n) is 2.85. The molecule has 2 aromatic carbocycles. The summed E-state index contributed by atoms with van der Waals surface area (Å²) in [5.74, 6) is -3.22.